The van der Waals surface area contributed by atoms with Crippen LogP contribution in [0.3, 0.4) is 0 Å². The molecule has 0 fully saturated rings. The summed E-state index contributed by atoms with van der Waals surface area (Å²) in [6, 6.07) is 0. The third kappa shape index (κ3) is 4.12. The van der Waals surface area contributed by atoms with Crippen LogP contribution in [0.25, 0.3) is 0 Å². The molecule has 1 aromatic rings. The van der Waals surface area contributed by atoms with Crippen LogP contribution in [0.2, 0.25) is 0 Å². The summed E-state index contributed by atoms with van der Waals surface area (Å²) >= 11 is 3.44. The molecule has 0 radical (unpaired) electrons. The van der Waals surface area contributed by atoms with Gasteiger partial charge < -0.3 is 15.7 Å². The highest BCUT2D eigenvalue weighted by atomic mass is 79.9. The van der Waals surface area contributed by atoms with Crippen molar-refractivity contribution in [3.05, 3.63) is 10.8 Å². The zero-order chi connectivity index (χ0) is 12.8. The Hall–Kier alpha value is -0.880. The highest BCUT2D eigenvalue weighted by molar-refractivity contribution is 9.10. The lowest BCUT2D eigenvalue weighted by Crippen LogP contribution is -2.25. The Bertz CT molecular complexity index is 359. The topological polar surface area (TPSA) is 70.1 Å². The lowest BCUT2D eigenvalue weighted by molar-refractivity contribution is 0.138. The first kappa shape index (κ1) is 14.2. The van der Waals surface area contributed by atoms with Crippen LogP contribution in [-0.4, -0.2) is 34.3 Å². The van der Waals surface area contributed by atoms with Gasteiger partial charge in [-0.2, -0.15) is 0 Å². The monoisotopic (exact) mass is 302 g/mol. The highest BCUT2D eigenvalue weighted by Crippen LogP contribution is 2.26. The number of anilines is 2. The second kappa shape index (κ2) is 6.76. The van der Waals surface area contributed by atoms with Crippen LogP contribution < -0.4 is 10.6 Å². The molecule has 5 nitrogen and oxygen atoms in total. The number of aliphatic hydroxyl groups excluding tert-OH is 1. The summed E-state index contributed by atoms with van der Waals surface area (Å²) in [6.07, 6.45) is 1.10. The van der Waals surface area contributed by atoms with Gasteiger partial charge in [-0.1, -0.05) is 13.8 Å². The van der Waals surface area contributed by atoms with E-state index in [2.05, 4.69) is 36.5 Å². The molecule has 1 unspecified atom stereocenters. The van der Waals surface area contributed by atoms with E-state index >= 15 is 0 Å². The molecule has 96 valence electrons. The molecule has 0 saturated carbocycles. The molecule has 0 aliphatic carbocycles. The van der Waals surface area contributed by atoms with Crippen LogP contribution in [0.1, 0.15) is 20.8 Å². The molecule has 0 aliphatic rings. The minimum atomic E-state index is -0.389. The average Bonchev–Trinajstić information content (AvgIpc) is 2.30. The molecule has 6 heteroatoms. The molecule has 0 saturated heterocycles. The number of aromatic nitrogens is 2. The molecular formula is C11H19BrN4O. The Labute approximate surface area is 110 Å². The van der Waals surface area contributed by atoms with E-state index in [0.717, 1.165) is 16.8 Å². The molecule has 1 rings (SSSR count). The van der Waals surface area contributed by atoms with Crippen molar-refractivity contribution in [1.82, 2.24) is 9.97 Å². The van der Waals surface area contributed by atoms with Crippen molar-refractivity contribution >= 4 is 27.6 Å². The predicted molar refractivity (Wildman–Crippen MR) is 73.2 cm³/mol. The van der Waals surface area contributed by atoms with Gasteiger partial charge >= 0.3 is 0 Å². The summed E-state index contributed by atoms with van der Waals surface area (Å²) in [6.45, 7) is 7.23. The molecule has 0 amide bonds. The molecule has 1 aromatic heterocycles. The third-order valence-corrected chi connectivity index (χ3v) is 3.13. The van der Waals surface area contributed by atoms with E-state index in [0.29, 0.717) is 12.4 Å². The Morgan fingerprint density at radius 1 is 1.29 bits per heavy atom. The molecule has 0 spiro atoms. The van der Waals surface area contributed by atoms with E-state index in [4.69, 9.17) is 0 Å². The molecule has 1 atom stereocenters. The van der Waals surface area contributed by atoms with Gasteiger partial charge in [0.15, 0.2) is 0 Å². The average molecular weight is 303 g/mol. The number of nitrogens with zero attached hydrogens (tertiary/aromatic N) is 2. The zero-order valence-corrected chi connectivity index (χ0v) is 12.0. The van der Waals surface area contributed by atoms with E-state index in [9.17, 15) is 5.11 Å². The largest absolute Gasteiger partial charge is 0.391 e. The Balaban J connectivity index is 2.68. The van der Waals surface area contributed by atoms with Crippen LogP contribution in [0.5, 0.6) is 0 Å². The van der Waals surface area contributed by atoms with Gasteiger partial charge in [0.1, 0.15) is 22.4 Å². The van der Waals surface area contributed by atoms with Crippen molar-refractivity contribution in [2.24, 2.45) is 5.92 Å². The number of nitrogens with one attached hydrogen (secondary N) is 2. The van der Waals surface area contributed by atoms with Crippen LogP contribution >= 0.6 is 15.9 Å². The number of rotatable bonds is 6. The molecule has 3 N–H and O–H groups in total. The van der Waals surface area contributed by atoms with E-state index in [1.165, 1.54) is 6.33 Å². The summed E-state index contributed by atoms with van der Waals surface area (Å²) < 4.78 is 0.790. The molecule has 0 aliphatic heterocycles. The lowest BCUT2D eigenvalue weighted by atomic mass is 10.1. The van der Waals surface area contributed by atoms with Crippen molar-refractivity contribution in [2.75, 3.05) is 23.7 Å². The maximum Gasteiger partial charge on any atom is 0.146 e. The fourth-order valence-corrected chi connectivity index (χ4v) is 1.71. The van der Waals surface area contributed by atoms with Gasteiger partial charge in [-0.05, 0) is 28.8 Å². The summed E-state index contributed by atoms with van der Waals surface area (Å²) in [5.74, 6) is 1.66. The smallest absolute Gasteiger partial charge is 0.146 e. The van der Waals surface area contributed by atoms with Gasteiger partial charge in [0, 0.05) is 13.1 Å². The maximum absolute atomic E-state index is 9.71. The Morgan fingerprint density at radius 3 is 2.41 bits per heavy atom. The van der Waals surface area contributed by atoms with Gasteiger partial charge in [0.25, 0.3) is 0 Å². The minimum Gasteiger partial charge on any atom is -0.391 e. The first-order valence-corrected chi connectivity index (χ1v) is 6.51. The predicted octanol–water partition coefficient (Wildman–Crippen LogP) is 2.10. The molecule has 17 heavy (non-hydrogen) atoms. The second-order valence-electron chi connectivity index (χ2n) is 4.11. The first-order valence-electron chi connectivity index (χ1n) is 5.72. The van der Waals surface area contributed by atoms with Crippen LogP contribution in [0.4, 0.5) is 11.6 Å². The maximum atomic E-state index is 9.71. The standard InChI is InChI=1S/C11H19BrN4O/c1-4-13-10-9(12)11(16-6-15-10)14-5-8(17)7(2)3/h6-8,17H,4-5H2,1-3H3,(H2,13,14,15,16). The number of hydrogen-bond donors (Lipinski definition) is 3. The summed E-state index contributed by atoms with van der Waals surface area (Å²) in [5, 5.41) is 15.9. The van der Waals surface area contributed by atoms with Crippen LogP contribution in [0, 0.1) is 5.92 Å². The fourth-order valence-electron chi connectivity index (χ4n) is 1.22. The van der Waals surface area contributed by atoms with Gasteiger partial charge in [-0.15, -0.1) is 0 Å². The molecular weight excluding hydrogens is 284 g/mol. The number of hydrogen-bond acceptors (Lipinski definition) is 5. The summed E-state index contributed by atoms with van der Waals surface area (Å²) in [7, 11) is 0. The van der Waals surface area contributed by atoms with Crippen molar-refractivity contribution < 1.29 is 5.11 Å². The van der Waals surface area contributed by atoms with Crippen molar-refractivity contribution in [3.8, 4) is 0 Å². The van der Waals surface area contributed by atoms with Crippen molar-refractivity contribution in [3.63, 3.8) is 0 Å². The molecule has 0 aromatic carbocycles. The lowest BCUT2D eigenvalue weighted by Gasteiger charge is -2.16. The fraction of sp³-hybridized carbons (Fsp3) is 0.636. The van der Waals surface area contributed by atoms with Crippen molar-refractivity contribution in [1.29, 1.82) is 0 Å². The van der Waals surface area contributed by atoms with Gasteiger partial charge in [0.05, 0.1) is 6.10 Å². The van der Waals surface area contributed by atoms with E-state index in [-0.39, 0.29) is 12.0 Å². The van der Waals surface area contributed by atoms with Crippen LogP contribution in [0.15, 0.2) is 10.8 Å². The van der Waals surface area contributed by atoms with Gasteiger partial charge in [-0.3, -0.25) is 0 Å². The zero-order valence-electron chi connectivity index (χ0n) is 10.4. The van der Waals surface area contributed by atoms with Gasteiger partial charge in [0.2, 0.25) is 0 Å². The summed E-state index contributed by atoms with van der Waals surface area (Å²) in [5.41, 5.74) is 0. The van der Waals surface area contributed by atoms with E-state index in [1.807, 2.05) is 20.8 Å². The first-order chi connectivity index (χ1) is 8.06. The molecule has 0 bridgehead atoms. The highest BCUT2D eigenvalue weighted by Gasteiger charge is 2.12. The Morgan fingerprint density at radius 2 is 1.88 bits per heavy atom. The minimum absolute atomic E-state index is 0.219. The number of aliphatic hydroxyl groups is 1. The third-order valence-electron chi connectivity index (χ3n) is 2.38. The second-order valence-corrected chi connectivity index (χ2v) is 4.90. The quantitative estimate of drug-likeness (QED) is 0.751. The van der Waals surface area contributed by atoms with Gasteiger partial charge in [-0.25, -0.2) is 9.97 Å². The SMILES string of the molecule is CCNc1ncnc(NCC(O)C(C)C)c1Br. The normalized spacial score (nSPS) is 12.6. The molecule has 1 heterocycles. The number of halogens is 1. The van der Waals surface area contributed by atoms with Crippen LogP contribution in [-0.2, 0) is 0 Å². The van der Waals surface area contributed by atoms with E-state index in [1.54, 1.807) is 0 Å². The Kier molecular flexibility index (Phi) is 5.64. The summed E-state index contributed by atoms with van der Waals surface area (Å²) in [4.78, 5) is 8.25. The van der Waals surface area contributed by atoms with Crippen molar-refractivity contribution in [2.45, 2.75) is 26.9 Å². The van der Waals surface area contributed by atoms with E-state index < -0.39 is 0 Å².